The molecule has 2 aromatic rings. The molecular formula is C14H16N2O2. The van der Waals surface area contributed by atoms with Gasteiger partial charge in [-0.3, -0.25) is 0 Å². The van der Waals surface area contributed by atoms with E-state index < -0.39 is 5.97 Å². The Morgan fingerprint density at radius 1 is 1.50 bits per heavy atom. The van der Waals surface area contributed by atoms with Crippen LogP contribution in [0, 0.1) is 0 Å². The molecule has 94 valence electrons. The van der Waals surface area contributed by atoms with Crippen LogP contribution in [0.1, 0.15) is 48.4 Å². The molecule has 1 aromatic carbocycles. The first-order valence-electron chi connectivity index (χ1n) is 6.45. The van der Waals surface area contributed by atoms with E-state index in [1.165, 1.54) is 12.8 Å². The first-order chi connectivity index (χ1) is 8.70. The molecule has 3 rings (SSSR count). The quantitative estimate of drug-likeness (QED) is 0.899. The van der Waals surface area contributed by atoms with Crippen molar-refractivity contribution in [2.24, 2.45) is 0 Å². The van der Waals surface area contributed by atoms with E-state index in [9.17, 15) is 4.79 Å². The van der Waals surface area contributed by atoms with Gasteiger partial charge in [0.15, 0.2) is 0 Å². The Balaban J connectivity index is 2.16. The molecule has 0 atom stereocenters. The minimum Gasteiger partial charge on any atom is -0.478 e. The van der Waals surface area contributed by atoms with Crippen LogP contribution in [0.3, 0.4) is 0 Å². The monoisotopic (exact) mass is 244 g/mol. The van der Waals surface area contributed by atoms with Crippen molar-refractivity contribution in [3.8, 4) is 0 Å². The second-order valence-corrected chi connectivity index (χ2v) is 4.89. The fraction of sp³-hybridized carbons (Fsp3) is 0.429. The number of aromatic carboxylic acids is 1. The summed E-state index contributed by atoms with van der Waals surface area (Å²) in [6.07, 6.45) is 4.43. The van der Waals surface area contributed by atoms with Crippen molar-refractivity contribution in [2.45, 2.75) is 38.6 Å². The number of imidazole rings is 1. The number of carbonyl (C=O) groups is 1. The molecule has 1 saturated carbocycles. The van der Waals surface area contributed by atoms with Gasteiger partial charge in [0.1, 0.15) is 5.82 Å². The summed E-state index contributed by atoms with van der Waals surface area (Å²) in [7, 11) is 0. The number of fused-ring (bicyclic) bond motifs is 1. The van der Waals surface area contributed by atoms with Crippen LogP contribution in [0.5, 0.6) is 0 Å². The van der Waals surface area contributed by atoms with Gasteiger partial charge in [-0.05, 0) is 37.5 Å². The van der Waals surface area contributed by atoms with Crippen molar-refractivity contribution in [2.75, 3.05) is 0 Å². The van der Waals surface area contributed by atoms with E-state index in [2.05, 4.69) is 16.5 Å². The zero-order chi connectivity index (χ0) is 12.7. The molecule has 1 aliphatic carbocycles. The number of hydrogen-bond donors (Lipinski definition) is 1. The normalized spacial score (nSPS) is 15.2. The molecule has 0 unspecified atom stereocenters. The Bertz CT molecular complexity index is 612. The Morgan fingerprint density at radius 2 is 2.28 bits per heavy atom. The molecule has 0 radical (unpaired) electrons. The molecule has 0 bridgehead atoms. The van der Waals surface area contributed by atoms with Crippen molar-refractivity contribution >= 4 is 17.0 Å². The van der Waals surface area contributed by atoms with Crippen LogP contribution in [0.4, 0.5) is 0 Å². The summed E-state index contributed by atoms with van der Waals surface area (Å²) in [5.74, 6) is 0.201. The predicted molar refractivity (Wildman–Crippen MR) is 69.0 cm³/mol. The maximum Gasteiger partial charge on any atom is 0.335 e. The van der Waals surface area contributed by atoms with Crippen molar-refractivity contribution < 1.29 is 9.90 Å². The Labute approximate surface area is 105 Å². The summed E-state index contributed by atoms with van der Waals surface area (Å²) in [6, 6.07) is 5.81. The minimum atomic E-state index is -0.894. The zero-order valence-electron chi connectivity index (χ0n) is 10.4. The van der Waals surface area contributed by atoms with Crippen LogP contribution in [0.2, 0.25) is 0 Å². The zero-order valence-corrected chi connectivity index (χ0v) is 10.4. The molecule has 0 amide bonds. The molecule has 1 aliphatic rings. The van der Waals surface area contributed by atoms with Crippen molar-refractivity contribution in [3.05, 3.63) is 29.6 Å². The van der Waals surface area contributed by atoms with Gasteiger partial charge in [0.05, 0.1) is 16.6 Å². The highest BCUT2D eigenvalue weighted by atomic mass is 16.4. The molecule has 1 aromatic heterocycles. The van der Waals surface area contributed by atoms with Crippen molar-refractivity contribution in [1.82, 2.24) is 9.55 Å². The maximum atomic E-state index is 11.0. The lowest BCUT2D eigenvalue weighted by atomic mass is 10.2. The fourth-order valence-electron chi connectivity index (χ4n) is 2.42. The largest absolute Gasteiger partial charge is 0.478 e. The van der Waals surface area contributed by atoms with Gasteiger partial charge >= 0.3 is 5.97 Å². The molecule has 1 fully saturated rings. The van der Waals surface area contributed by atoms with Crippen molar-refractivity contribution in [1.29, 1.82) is 0 Å². The average molecular weight is 244 g/mol. The SMILES string of the molecule is CCCc1nc2cc(C(=O)O)ccc2n1C1CC1. The van der Waals surface area contributed by atoms with Gasteiger partial charge in [-0.15, -0.1) is 0 Å². The number of nitrogens with zero attached hydrogens (tertiary/aromatic N) is 2. The predicted octanol–water partition coefficient (Wildman–Crippen LogP) is 3.02. The van der Waals surface area contributed by atoms with Crippen LogP contribution >= 0.6 is 0 Å². The van der Waals surface area contributed by atoms with E-state index in [4.69, 9.17) is 5.11 Å². The number of benzene rings is 1. The maximum absolute atomic E-state index is 11.0. The highest BCUT2D eigenvalue weighted by molar-refractivity contribution is 5.92. The molecule has 4 nitrogen and oxygen atoms in total. The molecule has 0 saturated heterocycles. The van der Waals surface area contributed by atoms with Crippen LogP contribution < -0.4 is 0 Å². The molecule has 0 aliphatic heterocycles. The fourth-order valence-corrected chi connectivity index (χ4v) is 2.42. The molecular weight excluding hydrogens is 228 g/mol. The third-order valence-corrected chi connectivity index (χ3v) is 3.40. The lowest BCUT2D eigenvalue weighted by molar-refractivity contribution is 0.0697. The molecule has 4 heteroatoms. The van der Waals surface area contributed by atoms with E-state index >= 15 is 0 Å². The average Bonchev–Trinajstić information content (AvgIpc) is 3.11. The van der Waals surface area contributed by atoms with E-state index in [0.717, 1.165) is 29.7 Å². The van der Waals surface area contributed by atoms with Gasteiger partial charge in [0.2, 0.25) is 0 Å². The summed E-state index contributed by atoms with van der Waals surface area (Å²) in [4.78, 5) is 15.6. The van der Waals surface area contributed by atoms with Gasteiger partial charge in [-0.25, -0.2) is 9.78 Å². The number of hydrogen-bond acceptors (Lipinski definition) is 2. The number of carboxylic acids is 1. The lowest BCUT2D eigenvalue weighted by Crippen LogP contribution is -2.01. The smallest absolute Gasteiger partial charge is 0.335 e. The molecule has 18 heavy (non-hydrogen) atoms. The molecule has 0 spiro atoms. The van der Waals surface area contributed by atoms with Crippen LogP contribution in [0.25, 0.3) is 11.0 Å². The second kappa shape index (κ2) is 4.12. The van der Waals surface area contributed by atoms with Gasteiger partial charge in [-0.1, -0.05) is 6.92 Å². The van der Waals surface area contributed by atoms with Gasteiger partial charge in [0.25, 0.3) is 0 Å². The Kier molecular flexibility index (Phi) is 2.58. The van der Waals surface area contributed by atoms with E-state index in [1.807, 2.05) is 6.07 Å². The summed E-state index contributed by atoms with van der Waals surface area (Å²) in [6.45, 7) is 2.14. The summed E-state index contributed by atoms with van der Waals surface area (Å²) in [5.41, 5.74) is 2.20. The Morgan fingerprint density at radius 3 is 2.89 bits per heavy atom. The molecule has 1 N–H and O–H groups in total. The highest BCUT2D eigenvalue weighted by Gasteiger charge is 2.27. The lowest BCUT2D eigenvalue weighted by Gasteiger charge is -2.06. The summed E-state index contributed by atoms with van der Waals surface area (Å²) >= 11 is 0. The van der Waals surface area contributed by atoms with E-state index in [-0.39, 0.29) is 0 Å². The van der Waals surface area contributed by atoms with Gasteiger partial charge in [0, 0.05) is 12.5 Å². The van der Waals surface area contributed by atoms with Gasteiger partial charge < -0.3 is 9.67 Å². The van der Waals surface area contributed by atoms with E-state index in [1.54, 1.807) is 12.1 Å². The molecule has 1 heterocycles. The first kappa shape index (κ1) is 11.3. The number of rotatable bonds is 4. The third kappa shape index (κ3) is 1.78. The minimum absolute atomic E-state index is 0.311. The number of aromatic nitrogens is 2. The summed E-state index contributed by atoms with van der Waals surface area (Å²) in [5, 5.41) is 9.01. The van der Waals surface area contributed by atoms with Gasteiger partial charge in [-0.2, -0.15) is 0 Å². The standard InChI is InChI=1S/C14H16N2O2/c1-2-3-13-15-11-8-9(14(17)18)4-7-12(11)16(13)10-5-6-10/h4,7-8,10H,2-3,5-6H2,1H3,(H,17,18). The number of carboxylic acid groups (broad SMARTS) is 1. The highest BCUT2D eigenvalue weighted by Crippen LogP contribution is 2.39. The van der Waals surface area contributed by atoms with Crippen LogP contribution in [0.15, 0.2) is 18.2 Å². The Hall–Kier alpha value is -1.84. The summed E-state index contributed by atoms with van der Waals surface area (Å²) < 4.78 is 2.30. The number of aryl methyl sites for hydroxylation is 1. The third-order valence-electron chi connectivity index (χ3n) is 3.40. The first-order valence-corrected chi connectivity index (χ1v) is 6.45. The van der Waals surface area contributed by atoms with E-state index in [0.29, 0.717) is 11.6 Å². The topological polar surface area (TPSA) is 55.1 Å². The van der Waals surface area contributed by atoms with Crippen molar-refractivity contribution in [3.63, 3.8) is 0 Å². The second-order valence-electron chi connectivity index (χ2n) is 4.89. The van der Waals surface area contributed by atoms with Crippen LogP contribution in [-0.2, 0) is 6.42 Å². The van der Waals surface area contributed by atoms with Crippen LogP contribution in [-0.4, -0.2) is 20.6 Å².